The largest absolute Gasteiger partial charge is 0.491 e. The maximum Gasteiger partial charge on any atom is 0.308 e. The number of ether oxygens (including phenoxy) is 1. The number of hydrogen-bond acceptors (Lipinski definition) is 3. The summed E-state index contributed by atoms with van der Waals surface area (Å²) in [6.45, 7) is 1.41. The molecule has 20 heavy (non-hydrogen) atoms. The molecule has 3 unspecified atom stereocenters. The minimum absolute atomic E-state index is 0.183. The molecule has 108 valence electrons. The van der Waals surface area contributed by atoms with Gasteiger partial charge in [0, 0.05) is 18.6 Å². The van der Waals surface area contributed by atoms with E-state index < -0.39 is 5.97 Å². The highest BCUT2D eigenvalue weighted by Crippen LogP contribution is 2.41. The van der Waals surface area contributed by atoms with Crippen LogP contribution in [0.1, 0.15) is 19.3 Å². The van der Waals surface area contributed by atoms with Gasteiger partial charge >= 0.3 is 5.97 Å². The van der Waals surface area contributed by atoms with Crippen LogP contribution in [0.5, 0.6) is 5.75 Å². The van der Waals surface area contributed by atoms with Crippen LogP contribution in [0.15, 0.2) is 28.7 Å². The lowest BCUT2D eigenvalue weighted by Gasteiger charge is -2.22. The van der Waals surface area contributed by atoms with Crippen molar-refractivity contribution in [3.05, 3.63) is 28.7 Å². The first kappa shape index (κ1) is 13.9. The average molecular weight is 340 g/mol. The molecule has 1 N–H and O–H groups in total. The van der Waals surface area contributed by atoms with Crippen LogP contribution in [0.2, 0.25) is 0 Å². The zero-order valence-electron chi connectivity index (χ0n) is 11.2. The number of benzene rings is 1. The molecular formula is C15H18BrNO3. The molecule has 0 spiro atoms. The number of carboxylic acids is 1. The van der Waals surface area contributed by atoms with E-state index >= 15 is 0 Å². The smallest absolute Gasteiger partial charge is 0.308 e. The van der Waals surface area contributed by atoms with E-state index in [0.29, 0.717) is 12.6 Å². The van der Waals surface area contributed by atoms with Gasteiger partial charge in [-0.1, -0.05) is 12.1 Å². The molecule has 1 aromatic carbocycles. The van der Waals surface area contributed by atoms with Crippen LogP contribution in [0.25, 0.3) is 0 Å². The summed E-state index contributed by atoms with van der Waals surface area (Å²) in [5.41, 5.74) is 0. The number of halogens is 1. The minimum atomic E-state index is -0.645. The van der Waals surface area contributed by atoms with Crippen LogP contribution in [0, 0.1) is 5.92 Å². The van der Waals surface area contributed by atoms with Gasteiger partial charge in [0.05, 0.1) is 10.4 Å². The van der Waals surface area contributed by atoms with Crippen LogP contribution in [-0.4, -0.2) is 41.2 Å². The highest BCUT2D eigenvalue weighted by atomic mass is 79.9. The van der Waals surface area contributed by atoms with Crippen LogP contribution < -0.4 is 4.74 Å². The zero-order valence-corrected chi connectivity index (χ0v) is 12.8. The van der Waals surface area contributed by atoms with E-state index in [0.717, 1.165) is 36.0 Å². The number of carbonyl (C=O) groups is 1. The Labute approximate surface area is 126 Å². The van der Waals surface area contributed by atoms with Gasteiger partial charge in [0.1, 0.15) is 12.4 Å². The Balaban J connectivity index is 1.55. The lowest BCUT2D eigenvalue weighted by atomic mass is 9.89. The quantitative estimate of drug-likeness (QED) is 0.896. The molecule has 3 atom stereocenters. The molecule has 2 bridgehead atoms. The molecule has 2 aliphatic heterocycles. The summed E-state index contributed by atoms with van der Waals surface area (Å²) in [6.07, 6.45) is 2.94. The Hall–Kier alpha value is -1.07. The first-order valence-electron chi connectivity index (χ1n) is 7.02. The van der Waals surface area contributed by atoms with Crippen LogP contribution >= 0.6 is 15.9 Å². The van der Waals surface area contributed by atoms with Gasteiger partial charge in [-0.3, -0.25) is 9.69 Å². The molecule has 3 rings (SSSR count). The Kier molecular flexibility index (Phi) is 3.98. The van der Waals surface area contributed by atoms with Gasteiger partial charge in [-0.15, -0.1) is 0 Å². The Morgan fingerprint density at radius 1 is 1.40 bits per heavy atom. The predicted octanol–water partition coefficient (Wildman–Crippen LogP) is 2.77. The van der Waals surface area contributed by atoms with Crippen molar-refractivity contribution in [3.8, 4) is 5.75 Å². The molecule has 0 aliphatic carbocycles. The molecule has 2 aliphatic rings. The molecule has 0 aromatic heterocycles. The van der Waals surface area contributed by atoms with Gasteiger partial charge in [0.15, 0.2) is 0 Å². The van der Waals surface area contributed by atoms with Gasteiger partial charge in [-0.2, -0.15) is 0 Å². The molecule has 2 fully saturated rings. The topological polar surface area (TPSA) is 49.8 Å². The van der Waals surface area contributed by atoms with Crippen molar-refractivity contribution in [2.75, 3.05) is 13.2 Å². The third-order valence-electron chi connectivity index (χ3n) is 4.44. The van der Waals surface area contributed by atoms with Gasteiger partial charge in [0.25, 0.3) is 0 Å². The van der Waals surface area contributed by atoms with Gasteiger partial charge in [-0.25, -0.2) is 0 Å². The number of hydrogen-bond donors (Lipinski definition) is 1. The summed E-state index contributed by atoms with van der Waals surface area (Å²) < 4.78 is 6.73. The number of rotatable bonds is 5. The number of para-hydroxylation sites is 1. The molecule has 1 aromatic rings. The number of fused-ring (bicyclic) bond motifs is 2. The van der Waals surface area contributed by atoms with Gasteiger partial charge in [-0.05, 0) is 47.3 Å². The van der Waals surface area contributed by atoms with Crippen molar-refractivity contribution < 1.29 is 14.6 Å². The molecule has 0 saturated carbocycles. The summed E-state index contributed by atoms with van der Waals surface area (Å²) in [5, 5.41) is 9.23. The Morgan fingerprint density at radius 2 is 2.20 bits per heavy atom. The fourth-order valence-electron chi connectivity index (χ4n) is 3.54. The number of nitrogens with zero attached hydrogens (tertiary/aromatic N) is 1. The molecule has 0 radical (unpaired) electrons. The van der Waals surface area contributed by atoms with E-state index in [9.17, 15) is 9.90 Å². The summed E-state index contributed by atoms with van der Waals surface area (Å²) >= 11 is 3.46. The van der Waals surface area contributed by atoms with Crippen LogP contribution in [0.4, 0.5) is 0 Å². The summed E-state index contributed by atoms with van der Waals surface area (Å²) in [4.78, 5) is 13.5. The van der Waals surface area contributed by atoms with Crippen LogP contribution in [0.3, 0.4) is 0 Å². The van der Waals surface area contributed by atoms with Crippen molar-refractivity contribution >= 4 is 21.9 Å². The second kappa shape index (κ2) is 5.74. The Morgan fingerprint density at radius 3 is 2.90 bits per heavy atom. The first-order chi connectivity index (χ1) is 9.66. The highest BCUT2D eigenvalue weighted by molar-refractivity contribution is 9.10. The molecule has 2 saturated heterocycles. The summed E-state index contributed by atoms with van der Waals surface area (Å²) in [5.74, 6) is 0.0139. The predicted molar refractivity (Wildman–Crippen MR) is 78.9 cm³/mol. The van der Waals surface area contributed by atoms with Gasteiger partial charge in [0.2, 0.25) is 0 Å². The first-order valence-corrected chi connectivity index (χ1v) is 7.82. The standard InChI is InChI=1S/C15H18BrNO3/c16-12-3-1-2-4-14(12)20-8-7-17-10-5-6-13(17)11(9-10)15(18)19/h1-4,10-11,13H,5-9H2,(H,18,19). The maximum absolute atomic E-state index is 11.2. The van der Waals surface area contributed by atoms with Crippen molar-refractivity contribution in [2.24, 2.45) is 5.92 Å². The van der Waals surface area contributed by atoms with E-state index in [1.54, 1.807) is 0 Å². The van der Waals surface area contributed by atoms with Crippen molar-refractivity contribution in [3.63, 3.8) is 0 Å². The third kappa shape index (κ3) is 2.56. The number of aliphatic carboxylic acids is 1. The SMILES string of the molecule is O=C(O)C1CC2CCC1N2CCOc1ccccc1Br. The van der Waals surface area contributed by atoms with Crippen molar-refractivity contribution in [2.45, 2.75) is 31.3 Å². The Bertz CT molecular complexity index is 508. The lowest BCUT2D eigenvalue weighted by Crippen LogP contribution is -2.35. The highest BCUT2D eigenvalue weighted by Gasteiger charge is 2.48. The fourth-order valence-corrected chi connectivity index (χ4v) is 3.94. The van der Waals surface area contributed by atoms with Crippen molar-refractivity contribution in [1.82, 2.24) is 4.90 Å². The summed E-state index contributed by atoms with van der Waals surface area (Å²) in [7, 11) is 0. The third-order valence-corrected chi connectivity index (χ3v) is 5.10. The second-order valence-corrected chi connectivity index (χ2v) is 6.35. The van der Waals surface area contributed by atoms with Crippen molar-refractivity contribution in [1.29, 1.82) is 0 Å². The van der Waals surface area contributed by atoms with Gasteiger partial charge < -0.3 is 9.84 Å². The fraction of sp³-hybridized carbons (Fsp3) is 0.533. The minimum Gasteiger partial charge on any atom is -0.491 e. The van der Waals surface area contributed by atoms with E-state index in [1.807, 2.05) is 24.3 Å². The summed E-state index contributed by atoms with van der Waals surface area (Å²) in [6, 6.07) is 8.43. The van der Waals surface area contributed by atoms with E-state index in [1.165, 1.54) is 0 Å². The normalized spacial score (nSPS) is 28.8. The lowest BCUT2D eigenvalue weighted by molar-refractivity contribution is -0.142. The second-order valence-electron chi connectivity index (χ2n) is 5.50. The molecular weight excluding hydrogens is 322 g/mol. The number of carboxylic acid groups (broad SMARTS) is 1. The molecule has 0 amide bonds. The molecule has 4 nitrogen and oxygen atoms in total. The molecule has 2 heterocycles. The van der Waals surface area contributed by atoms with E-state index in [4.69, 9.17) is 4.74 Å². The van der Waals surface area contributed by atoms with Crippen LogP contribution in [-0.2, 0) is 4.79 Å². The van der Waals surface area contributed by atoms with E-state index in [-0.39, 0.29) is 12.0 Å². The maximum atomic E-state index is 11.2. The molecule has 5 heteroatoms. The monoisotopic (exact) mass is 339 g/mol. The average Bonchev–Trinajstić information content (AvgIpc) is 2.98. The van der Waals surface area contributed by atoms with E-state index in [2.05, 4.69) is 20.8 Å². The zero-order chi connectivity index (χ0) is 14.1.